The third-order valence-corrected chi connectivity index (χ3v) is 5.31. The Labute approximate surface area is 61.8 Å². The van der Waals surface area contributed by atoms with Gasteiger partial charge in [0.2, 0.25) is 0 Å². The minimum absolute atomic E-state index is 0.441. The number of aldehydes is 1. The van der Waals surface area contributed by atoms with Gasteiger partial charge in [-0.2, -0.15) is 0 Å². The van der Waals surface area contributed by atoms with Crippen LogP contribution in [0.5, 0.6) is 0 Å². The molecule has 0 amide bonds. The number of carbonyl (C=O) groups is 1. The van der Waals surface area contributed by atoms with E-state index in [0.717, 1.165) is 12.7 Å². The van der Waals surface area contributed by atoms with Gasteiger partial charge in [0.25, 0.3) is 14.1 Å². The van der Waals surface area contributed by atoms with Crippen LogP contribution >= 0.6 is 0 Å². The molecule has 52 valence electrons. The summed E-state index contributed by atoms with van der Waals surface area (Å²) < 4.78 is 0. The Morgan fingerprint density at radius 1 is 1.33 bits per heavy atom. The van der Waals surface area contributed by atoms with Crippen LogP contribution in [0.4, 0.5) is 0 Å². The number of carbonyl (C=O) groups excluding carboxylic acids is 1. The van der Waals surface area contributed by atoms with Gasteiger partial charge in [0.15, 0.2) is 0 Å². The standard InChI is InChI=1S/C3H5O.2C2H5.Al/c1-2-3-4;2*1-2;/h3H,1-2H2;2*1H2,2H3;. The maximum absolute atomic E-state index is 9.96. The van der Waals surface area contributed by atoms with Crippen LogP contribution in [0.2, 0.25) is 15.8 Å². The van der Waals surface area contributed by atoms with Crippen molar-refractivity contribution in [3.05, 3.63) is 0 Å². The molecule has 0 spiro atoms. The Morgan fingerprint density at radius 2 is 1.89 bits per heavy atom. The van der Waals surface area contributed by atoms with Crippen molar-refractivity contribution in [3.63, 3.8) is 0 Å². The second kappa shape index (κ2) is 6.32. The normalized spacial score (nSPS) is 9.11. The van der Waals surface area contributed by atoms with Gasteiger partial charge in [0, 0.05) is 0 Å². The van der Waals surface area contributed by atoms with Crippen molar-refractivity contribution in [2.24, 2.45) is 0 Å². The van der Waals surface area contributed by atoms with Gasteiger partial charge in [-0.3, -0.25) is 0 Å². The van der Waals surface area contributed by atoms with Crippen LogP contribution < -0.4 is 0 Å². The Kier molecular flexibility index (Phi) is 6.47. The summed E-state index contributed by atoms with van der Waals surface area (Å²) >= 11 is -0.441. The molecule has 0 aliphatic heterocycles. The van der Waals surface area contributed by atoms with E-state index in [0.29, 0.717) is 0 Å². The minimum Gasteiger partial charge on any atom is -0.303 e. The first-order valence-electron chi connectivity index (χ1n) is 3.78. The molecule has 0 saturated carbocycles. The Morgan fingerprint density at radius 3 is 2.22 bits per heavy atom. The molecule has 2 heteroatoms. The highest BCUT2D eigenvalue weighted by Crippen LogP contribution is 2.05. The number of hydrogen-bond donors (Lipinski definition) is 0. The van der Waals surface area contributed by atoms with Gasteiger partial charge in [0.1, 0.15) is 6.29 Å². The lowest BCUT2D eigenvalue weighted by Gasteiger charge is -2.00. The van der Waals surface area contributed by atoms with Gasteiger partial charge >= 0.3 is 0 Å². The van der Waals surface area contributed by atoms with Crippen molar-refractivity contribution >= 4 is 20.4 Å². The van der Waals surface area contributed by atoms with Crippen LogP contribution in [0, 0.1) is 0 Å². The summed E-state index contributed by atoms with van der Waals surface area (Å²) in [5.41, 5.74) is 0. The molecule has 0 atom stereocenters. The molecule has 0 aliphatic carbocycles. The smallest absolute Gasteiger partial charge is 0.261 e. The van der Waals surface area contributed by atoms with Crippen molar-refractivity contribution in [3.8, 4) is 0 Å². The molecule has 0 radical (unpaired) electrons. The summed E-state index contributed by atoms with van der Waals surface area (Å²) in [4.78, 5) is 9.96. The fraction of sp³-hybridized carbons (Fsp3) is 0.857. The van der Waals surface area contributed by atoms with E-state index in [2.05, 4.69) is 13.8 Å². The highest BCUT2D eigenvalue weighted by Gasteiger charge is 2.09. The highest BCUT2D eigenvalue weighted by molar-refractivity contribution is 6.58. The second-order valence-corrected chi connectivity index (χ2v) is 6.37. The molecule has 1 nitrogen and oxygen atoms in total. The average Bonchev–Trinajstić information content (AvgIpc) is 1.91. The summed E-state index contributed by atoms with van der Waals surface area (Å²) in [7, 11) is 0. The zero-order valence-electron chi connectivity index (χ0n) is 6.39. The molecule has 0 bridgehead atoms. The maximum atomic E-state index is 9.96. The summed E-state index contributed by atoms with van der Waals surface area (Å²) in [6.07, 6.45) is 1.85. The topological polar surface area (TPSA) is 17.1 Å². The molecule has 9 heavy (non-hydrogen) atoms. The molecule has 0 aromatic carbocycles. The molecule has 0 unspecified atom stereocenters. The van der Waals surface area contributed by atoms with E-state index < -0.39 is 14.1 Å². The van der Waals surface area contributed by atoms with Gasteiger partial charge in [0.05, 0.1) is 0 Å². The third-order valence-electron chi connectivity index (χ3n) is 1.85. The monoisotopic (exact) mass is 142 g/mol. The van der Waals surface area contributed by atoms with Crippen LogP contribution in [-0.4, -0.2) is 20.4 Å². The lowest BCUT2D eigenvalue weighted by molar-refractivity contribution is -0.107. The number of hydrogen-bond acceptors (Lipinski definition) is 1. The molecular weight excluding hydrogens is 127 g/mol. The van der Waals surface area contributed by atoms with Crippen molar-refractivity contribution in [2.45, 2.75) is 36.1 Å². The first-order chi connectivity index (χ1) is 4.35. The fourth-order valence-corrected chi connectivity index (χ4v) is 3.00. The van der Waals surface area contributed by atoms with E-state index in [-0.39, 0.29) is 0 Å². The maximum Gasteiger partial charge on any atom is 0.261 e. The lowest BCUT2D eigenvalue weighted by atomic mass is 10.6. The predicted molar refractivity (Wildman–Crippen MR) is 42.2 cm³/mol. The first-order valence-corrected chi connectivity index (χ1v) is 6.23. The second-order valence-electron chi connectivity index (χ2n) is 2.43. The van der Waals surface area contributed by atoms with Crippen molar-refractivity contribution in [2.75, 3.05) is 0 Å². The van der Waals surface area contributed by atoms with Crippen LogP contribution in [0.15, 0.2) is 0 Å². The van der Waals surface area contributed by atoms with E-state index >= 15 is 0 Å². The fourth-order valence-electron chi connectivity index (χ4n) is 1.00. The van der Waals surface area contributed by atoms with E-state index in [9.17, 15) is 4.79 Å². The van der Waals surface area contributed by atoms with Gasteiger partial charge < -0.3 is 4.79 Å². The molecule has 0 saturated heterocycles. The molecule has 0 heterocycles. The molecule has 0 aliphatic rings. The molecule has 0 rings (SSSR count). The van der Waals surface area contributed by atoms with E-state index in [1.165, 1.54) is 15.8 Å². The van der Waals surface area contributed by atoms with Gasteiger partial charge in [-0.25, -0.2) is 0 Å². The molecule has 0 fully saturated rings. The average molecular weight is 142 g/mol. The van der Waals surface area contributed by atoms with Gasteiger partial charge in [-0.1, -0.05) is 29.7 Å². The summed E-state index contributed by atoms with van der Waals surface area (Å²) in [5, 5.41) is 3.92. The third kappa shape index (κ3) is 4.69. The predicted octanol–water partition coefficient (Wildman–Crippen LogP) is 2.11. The van der Waals surface area contributed by atoms with Crippen LogP contribution in [0.25, 0.3) is 0 Å². The Hall–Kier alpha value is 0.202. The Balaban J connectivity index is 3.19. The molecule has 0 aromatic rings. The van der Waals surface area contributed by atoms with Gasteiger partial charge in [-0.05, 0) is 6.42 Å². The zero-order chi connectivity index (χ0) is 7.11. The van der Waals surface area contributed by atoms with Crippen LogP contribution in [0.1, 0.15) is 20.3 Å². The van der Waals surface area contributed by atoms with E-state index in [1.54, 1.807) is 0 Å². The largest absolute Gasteiger partial charge is 0.303 e. The summed E-state index contributed by atoms with van der Waals surface area (Å²) in [6.45, 7) is 4.48. The lowest BCUT2D eigenvalue weighted by Crippen LogP contribution is -2.07. The van der Waals surface area contributed by atoms with Crippen LogP contribution in [-0.2, 0) is 4.79 Å². The summed E-state index contributed by atoms with van der Waals surface area (Å²) in [6, 6.07) is 0. The van der Waals surface area contributed by atoms with E-state index in [1.807, 2.05) is 0 Å². The van der Waals surface area contributed by atoms with Crippen molar-refractivity contribution < 1.29 is 4.79 Å². The molecule has 0 N–H and O–H groups in total. The quantitative estimate of drug-likeness (QED) is 0.424. The van der Waals surface area contributed by atoms with Crippen LogP contribution in [0.3, 0.4) is 0 Å². The summed E-state index contributed by atoms with van der Waals surface area (Å²) in [5.74, 6) is 0. The van der Waals surface area contributed by atoms with Crippen molar-refractivity contribution in [1.29, 1.82) is 0 Å². The SMILES string of the molecule is C[CH2][Al]([CH2]C)[CH2]CC=O. The van der Waals surface area contributed by atoms with Crippen molar-refractivity contribution in [1.82, 2.24) is 0 Å². The molecular formula is C7H15AlO. The van der Waals surface area contributed by atoms with E-state index in [4.69, 9.17) is 0 Å². The first kappa shape index (κ1) is 9.20. The Bertz CT molecular complexity index is 69.3. The zero-order valence-corrected chi connectivity index (χ0v) is 7.55. The number of rotatable bonds is 5. The van der Waals surface area contributed by atoms with Gasteiger partial charge in [-0.15, -0.1) is 0 Å². The minimum atomic E-state index is -0.441. The highest BCUT2D eigenvalue weighted by atomic mass is 27.2. The molecule has 0 aromatic heterocycles.